The number of nitrogens with zero attached hydrogens (tertiary/aromatic N) is 5. The van der Waals surface area contributed by atoms with Crippen LogP contribution in [0, 0.1) is 11.3 Å². The zero-order valence-electron chi connectivity index (χ0n) is 12.3. The molecule has 0 N–H and O–H groups in total. The van der Waals surface area contributed by atoms with Gasteiger partial charge in [-0.15, -0.1) is 0 Å². The number of rotatable bonds is 4. The van der Waals surface area contributed by atoms with Crippen LogP contribution in [0.2, 0.25) is 0 Å². The highest BCUT2D eigenvalue weighted by molar-refractivity contribution is 6.66. The monoisotopic (exact) mass is 327 g/mol. The number of imidazole rings is 1. The molecule has 0 bridgehead atoms. The molecule has 1 saturated carbocycles. The molecule has 0 saturated heterocycles. The molecule has 0 amide bonds. The summed E-state index contributed by atoms with van der Waals surface area (Å²) in [5.74, 6) is 0.589. The molecule has 1 fully saturated rings. The molecule has 2 aliphatic rings. The molecule has 1 aliphatic carbocycles. The summed E-state index contributed by atoms with van der Waals surface area (Å²) in [6.45, 7) is 0.317. The second-order valence-corrected chi connectivity index (χ2v) is 6.21. The van der Waals surface area contributed by atoms with Crippen molar-refractivity contribution < 1.29 is 4.74 Å². The first kappa shape index (κ1) is 14.4. The van der Waals surface area contributed by atoms with Crippen LogP contribution >= 0.6 is 11.6 Å². The number of pyridine rings is 1. The van der Waals surface area contributed by atoms with Crippen molar-refractivity contribution in [1.82, 2.24) is 9.38 Å². The second-order valence-electron chi connectivity index (χ2n) is 5.78. The van der Waals surface area contributed by atoms with Gasteiger partial charge in [-0.05, 0) is 30.4 Å². The molecule has 2 aromatic heterocycles. The van der Waals surface area contributed by atoms with Gasteiger partial charge in [0.2, 0.25) is 0 Å². The van der Waals surface area contributed by atoms with Gasteiger partial charge in [0, 0.05) is 18.8 Å². The summed E-state index contributed by atoms with van der Waals surface area (Å²) in [5, 5.41) is 9.84. The summed E-state index contributed by atoms with van der Waals surface area (Å²) >= 11 is 5.87. The fourth-order valence-corrected chi connectivity index (χ4v) is 2.84. The fraction of sp³-hybridized carbons (Fsp3) is 0.375. The van der Waals surface area contributed by atoms with Gasteiger partial charge in [-0.2, -0.15) is 5.26 Å². The Kier molecular flexibility index (Phi) is 3.60. The molecule has 7 heteroatoms. The van der Waals surface area contributed by atoms with E-state index in [0.717, 1.165) is 5.69 Å². The molecule has 0 spiro atoms. The van der Waals surface area contributed by atoms with Crippen LogP contribution < -0.4 is 0 Å². The average Bonchev–Trinajstić information content (AvgIpc) is 3.32. The Balaban J connectivity index is 1.55. The molecule has 6 nitrogen and oxygen atoms in total. The molecule has 2 aromatic rings. The molecule has 116 valence electrons. The number of aromatic nitrogens is 2. The Bertz CT molecular complexity index is 859. The molecule has 0 radical (unpaired) electrons. The summed E-state index contributed by atoms with van der Waals surface area (Å²) in [6.07, 6.45) is 7.92. The standard InChI is InChI=1S/C16H14ClN5O/c17-14-4-15(20-9-19-14)23-8-13-7-22-6-12(10-1-2-10)3-11(5-18)16(22)21-13/h3,6-7,9-10,15H,1-2,4,8H2. The van der Waals surface area contributed by atoms with E-state index in [1.165, 1.54) is 24.7 Å². The van der Waals surface area contributed by atoms with Gasteiger partial charge in [-0.1, -0.05) is 11.6 Å². The van der Waals surface area contributed by atoms with E-state index < -0.39 is 0 Å². The normalized spacial score (nSPS) is 20.5. The van der Waals surface area contributed by atoms with Crippen molar-refractivity contribution in [3.8, 4) is 6.07 Å². The van der Waals surface area contributed by atoms with Gasteiger partial charge in [0.1, 0.15) is 17.6 Å². The predicted molar refractivity (Wildman–Crippen MR) is 86.9 cm³/mol. The number of nitriles is 1. The Morgan fingerprint density at radius 3 is 3.00 bits per heavy atom. The summed E-state index contributed by atoms with van der Waals surface area (Å²) in [7, 11) is 0. The molecule has 1 aliphatic heterocycles. The van der Waals surface area contributed by atoms with Gasteiger partial charge in [-0.25, -0.2) is 15.0 Å². The molecule has 1 atom stereocenters. The SMILES string of the molecule is N#Cc1cc(C2CC2)cn2cc(COC3CC(Cl)=NC=N3)nc12. The van der Waals surface area contributed by atoms with Gasteiger partial charge < -0.3 is 9.14 Å². The predicted octanol–water partition coefficient (Wildman–Crippen LogP) is 3.00. The maximum absolute atomic E-state index is 9.35. The van der Waals surface area contributed by atoms with Crippen molar-refractivity contribution in [3.63, 3.8) is 0 Å². The number of aliphatic imine (C=N–C) groups is 2. The van der Waals surface area contributed by atoms with Gasteiger partial charge in [0.15, 0.2) is 11.9 Å². The number of ether oxygens (including phenoxy) is 1. The van der Waals surface area contributed by atoms with Gasteiger partial charge >= 0.3 is 0 Å². The van der Waals surface area contributed by atoms with E-state index in [4.69, 9.17) is 16.3 Å². The lowest BCUT2D eigenvalue weighted by Crippen LogP contribution is -2.16. The molecule has 4 rings (SSSR count). The zero-order chi connectivity index (χ0) is 15.8. The van der Waals surface area contributed by atoms with Crippen LogP contribution in [0.1, 0.15) is 42.0 Å². The minimum absolute atomic E-state index is 0.317. The highest BCUT2D eigenvalue weighted by atomic mass is 35.5. The third-order valence-corrected chi connectivity index (χ3v) is 4.24. The number of hydrogen-bond donors (Lipinski definition) is 0. The zero-order valence-corrected chi connectivity index (χ0v) is 13.1. The fourth-order valence-electron chi connectivity index (χ4n) is 2.67. The topological polar surface area (TPSA) is 75.0 Å². The van der Waals surface area contributed by atoms with Crippen molar-refractivity contribution in [2.45, 2.75) is 38.0 Å². The highest BCUT2D eigenvalue weighted by Crippen LogP contribution is 2.40. The first-order valence-electron chi connectivity index (χ1n) is 7.50. The van der Waals surface area contributed by atoms with Crippen molar-refractivity contribution in [2.75, 3.05) is 0 Å². The van der Waals surface area contributed by atoms with E-state index in [1.54, 1.807) is 0 Å². The maximum atomic E-state index is 9.35. The number of hydrogen-bond acceptors (Lipinski definition) is 5. The van der Waals surface area contributed by atoms with Crippen LogP contribution in [-0.2, 0) is 11.3 Å². The quantitative estimate of drug-likeness (QED) is 0.866. The van der Waals surface area contributed by atoms with Crippen LogP contribution in [0.3, 0.4) is 0 Å². The first-order valence-corrected chi connectivity index (χ1v) is 7.88. The Labute approximate surface area is 138 Å². The molecule has 0 aromatic carbocycles. The smallest absolute Gasteiger partial charge is 0.157 e. The highest BCUT2D eigenvalue weighted by Gasteiger charge is 2.25. The lowest BCUT2D eigenvalue weighted by molar-refractivity contribution is 0.0498. The summed E-state index contributed by atoms with van der Waals surface area (Å²) in [6, 6.07) is 4.19. The summed E-state index contributed by atoms with van der Waals surface area (Å²) in [4.78, 5) is 12.5. The largest absolute Gasteiger partial charge is 0.350 e. The van der Waals surface area contributed by atoms with E-state index in [0.29, 0.717) is 35.3 Å². The lowest BCUT2D eigenvalue weighted by atomic mass is 10.1. The van der Waals surface area contributed by atoms with E-state index in [-0.39, 0.29) is 6.23 Å². The number of fused-ring (bicyclic) bond motifs is 1. The van der Waals surface area contributed by atoms with Crippen molar-refractivity contribution in [2.24, 2.45) is 9.98 Å². The van der Waals surface area contributed by atoms with E-state index >= 15 is 0 Å². The van der Waals surface area contributed by atoms with Crippen LogP contribution in [0.15, 0.2) is 28.4 Å². The Morgan fingerprint density at radius 2 is 2.26 bits per heavy atom. The summed E-state index contributed by atoms with van der Waals surface area (Å²) in [5.41, 5.74) is 3.25. The van der Waals surface area contributed by atoms with Crippen molar-refractivity contribution in [3.05, 3.63) is 35.3 Å². The van der Waals surface area contributed by atoms with Crippen molar-refractivity contribution in [1.29, 1.82) is 5.26 Å². The molecular formula is C16H14ClN5O. The second kappa shape index (κ2) is 5.76. The van der Waals surface area contributed by atoms with Gasteiger partial charge in [0.25, 0.3) is 0 Å². The van der Waals surface area contributed by atoms with Gasteiger partial charge in [0.05, 0.1) is 17.9 Å². The minimum Gasteiger partial charge on any atom is -0.350 e. The van der Waals surface area contributed by atoms with E-state index in [1.807, 2.05) is 16.7 Å². The molecule has 3 heterocycles. The van der Waals surface area contributed by atoms with Crippen LogP contribution in [-0.4, -0.2) is 27.1 Å². The third kappa shape index (κ3) is 2.98. The molecule has 1 unspecified atom stereocenters. The lowest BCUT2D eigenvalue weighted by Gasteiger charge is -2.13. The van der Waals surface area contributed by atoms with Crippen LogP contribution in [0.5, 0.6) is 0 Å². The molecule has 23 heavy (non-hydrogen) atoms. The number of halogens is 1. The van der Waals surface area contributed by atoms with Crippen molar-refractivity contribution >= 4 is 28.8 Å². The minimum atomic E-state index is -0.331. The molecular weight excluding hydrogens is 314 g/mol. The Hall–Kier alpha value is -2.23. The van der Waals surface area contributed by atoms with E-state index in [2.05, 4.69) is 27.2 Å². The third-order valence-electron chi connectivity index (χ3n) is 3.99. The average molecular weight is 328 g/mol. The maximum Gasteiger partial charge on any atom is 0.157 e. The van der Waals surface area contributed by atoms with Crippen LogP contribution in [0.4, 0.5) is 0 Å². The van der Waals surface area contributed by atoms with E-state index in [9.17, 15) is 5.26 Å². The van der Waals surface area contributed by atoms with Gasteiger partial charge in [-0.3, -0.25) is 0 Å². The Morgan fingerprint density at radius 1 is 1.39 bits per heavy atom. The van der Waals surface area contributed by atoms with Crippen LogP contribution in [0.25, 0.3) is 5.65 Å². The first-order chi connectivity index (χ1) is 11.2. The summed E-state index contributed by atoms with van der Waals surface area (Å²) < 4.78 is 7.63.